The highest BCUT2D eigenvalue weighted by Crippen LogP contribution is 2.42. The summed E-state index contributed by atoms with van der Waals surface area (Å²) in [5.74, 6) is 3.82. The third-order valence-electron chi connectivity index (χ3n) is 6.48. The first-order chi connectivity index (χ1) is 14.7. The van der Waals surface area contributed by atoms with Gasteiger partial charge in [0, 0.05) is 37.2 Å². The molecule has 6 heteroatoms. The average Bonchev–Trinajstić information content (AvgIpc) is 2.77. The van der Waals surface area contributed by atoms with Crippen molar-refractivity contribution in [1.29, 1.82) is 0 Å². The minimum atomic E-state index is -0.217. The van der Waals surface area contributed by atoms with E-state index in [1.54, 1.807) is 26.0 Å². The fourth-order valence-corrected chi connectivity index (χ4v) is 5.54. The van der Waals surface area contributed by atoms with Crippen molar-refractivity contribution in [2.24, 2.45) is 5.92 Å². The maximum absolute atomic E-state index is 12.9. The van der Waals surface area contributed by atoms with E-state index < -0.39 is 0 Å². The van der Waals surface area contributed by atoms with Gasteiger partial charge in [0.15, 0.2) is 11.5 Å². The summed E-state index contributed by atoms with van der Waals surface area (Å²) in [6.45, 7) is 1.68. The minimum Gasteiger partial charge on any atom is -0.493 e. The molecule has 2 atom stereocenters. The number of hydrogen-bond donors (Lipinski definition) is 0. The second-order valence-electron chi connectivity index (χ2n) is 8.39. The number of halogens is 1. The van der Waals surface area contributed by atoms with Crippen LogP contribution in [0.3, 0.4) is 0 Å². The number of ketones is 1. The van der Waals surface area contributed by atoms with Crippen molar-refractivity contribution in [2.75, 3.05) is 45.5 Å². The number of carbonyl (C=O) groups is 1. The molecule has 1 aromatic rings. The van der Waals surface area contributed by atoms with Gasteiger partial charge in [-0.15, -0.1) is 0 Å². The van der Waals surface area contributed by atoms with Crippen LogP contribution in [0.1, 0.15) is 62.1 Å². The number of alkyl halides is 1. The molecule has 2 aliphatic heterocycles. The molecule has 0 bridgehead atoms. The largest absolute Gasteiger partial charge is 0.493 e. The number of thioether (sulfide) groups is 1. The highest BCUT2D eigenvalue weighted by Gasteiger charge is 2.38. The summed E-state index contributed by atoms with van der Waals surface area (Å²) in [7, 11) is 3.33. The number of fused-ring (bicyclic) bond motifs is 3. The number of Topliss-reactive ketones (excluding diaryl/α,β-unsaturated/α-hetero) is 1. The van der Waals surface area contributed by atoms with Gasteiger partial charge < -0.3 is 9.47 Å². The molecular weight excluding hydrogens is 400 g/mol. The lowest BCUT2D eigenvalue weighted by molar-refractivity contribution is -0.129. The summed E-state index contributed by atoms with van der Waals surface area (Å²) < 4.78 is 23.0. The molecule has 168 valence electrons. The lowest BCUT2D eigenvalue weighted by Gasteiger charge is -2.43. The van der Waals surface area contributed by atoms with Gasteiger partial charge in [-0.3, -0.25) is 14.1 Å². The Morgan fingerprint density at radius 3 is 2.57 bits per heavy atom. The minimum absolute atomic E-state index is 0.180. The predicted molar refractivity (Wildman–Crippen MR) is 122 cm³/mol. The number of unbranched alkanes of at least 4 members (excludes halogenated alkanes) is 4. The Morgan fingerprint density at radius 1 is 1.07 bits per heavy atom. The highest BCUT2D eigenvalue weighted by atomic mass is 32.2. The highest BCUT2D eigenvalue weighted by molar-refractivity contribution is 7.99. The fourth-order valence-electron chi connectivity index (χ4n) is 4.81. The molecule has 0 aliphatic carbocycles. The Labute approximate surface area is 184 Å². The lowest BCUT2D eigenvalue weighted by atomic mass is 9.81. The zero-order valence-electron chi connectivity index (χ0n) is 18.5. The van der Waals surface area contributed by atoms with Crippen LogP contribution < -0.4 is 9.47 Å². The van der Waals surface area contributed by atoms with Gasteiger partial charge in [0.05, 0.1) is 20.9 Å². The van der Waals surface area contributed by atoms with Crippen LogP contribution in [0.5, 0.6) is 11.5 Å². The van der Waals surface area contributed by atoms with Crippen molar-refractivity contribution < 1.29 is 18.7 Å². The Hall–Kier alpha value is -1.27. The van der Waals surface area contributed by atoms with Gasteiger partial charge in [-0.1, -0.05) is 25.7 Å². The SMILES string of the molecule is COc1cc2c(cc1OC)[C@@H]1CC(=O)[C@@H](CCCCCCCSCC[18F])CN1CC2. The molecule has 1 fully saturated rings. The van der Waals surface area contributed by atoms with Gasteiger partial charge in [-0.25, -0.2) is 0 Å². The molecule has 0 aromatic heterocycles. The number of piperidine rings is 1. The summed E-state index contributed by atoms with van der Waals surface area (Å²) in [6, 6.07) is 4.34. The summed E-state index contributed by atoms with van der Waals surface area (Å²) >= 11 is 1.71. The Morgan fingerprint density at radius 2 is 1.80 bits per heavy atom. The van der Waals surface area contributed by atoms with Crippen molar-refractivity contribution >= 4 is 17.5 Å². The van der Waals surface area contributed by atoms with Gasteiger partial charge in [0.1, 0.15) is 5.78 Å². The molecule has 1 saturated heterocycles. The van der Waals surface area contributed by atoms with E-state index in [2.05, 4.69) is 17.0 Å². The van der Waals surface area contributed by atoms with Crippen LogP contribution in [0, 0.1) is 5.92 Å². The molecule has 4 nitrogen and oxygen atoms in total. The van der Waals surface area contributed by atoms with Crippen LogP contribution in [-0.2, 0) is 11.2 Å². The molecule has 0 N–H and O–H groups in total. The number of ether oxygens (including phenoxy) is 2. The van der Waals surface area contributed by atoms with Gasteiger partial charge in [0.25, 0.3) is 0 Å². The number of rotatable bonds is 12. The monoisotopic (exact) mass is 436 g/mol. The van der Waals surface area contributed by atoms with Crippen molar-refractivity contribution in [2.45, 2.75) is 57.4 Å². The van der Waals surface area contributed by atoms with E-state index in [4.69, 9.17) is 9.47 Å². The van der Waals surface area contributed by atoms with Crippen LogP contribution in [0.25, 0.3) is 0 Å². The van der Waals surface area contributed by atoms with E-state index in [1.165, 1.54) is 36.8 Å². The zero-order valence-corrected chi connectivity index (χ0v) is 19.3. The Bertz CT molecular complexity index is 699. The molecule has 3 rings (SSSR count). The number of hydrogen-bond acceptors (Lipinski definition) is 5. The molecule has 0 spiro atoms. The van der Waals surface area contributed by atoms with Crippen molar-refractivity contribution in [1.82, 2.24) is 4.90 Å². The molecule has 2 aliphatic rings. The number of nitrogens with zero attached hydrogens (tertiary/aromatic N) is 1. The number of methoxy groups -OCH3 is 2. The van der Waals surface area contributed by atoms with Gasteiger partial charge in [-0.05, 0) is 48.3 Å². The van der Waals surface area contributed by atoms with E-state index >= 15 is 0 Å². The summed E-state index contributed by atoms with van der Waals surface area (Å²) in [5.41, 5.74) is 2.51. The van der Waals surface area contributed by atoms with Crippen LogP contribution in [0.15, 0.2) is 12.1 Å². The van der Waals surface area contributed by atoms with E-state index in [1.807, 2.05) is 0 Å². The second kappa shape index (κ2) is 11.9. The molecule has 1 aromatic carbocycles. The first-order valence-electron chi connectivity index (χ1n) is 11.3. The standard InChI is InChI=1S/C24H36FNO3S/c1-28-23-14-18-9-11-26-17-19(8-6-4-3-5-7-12-30-13-10-25)22(27)16-21(26)20(18)15-24(23)29-2/h14-15,19,21H,3-13,16-17H2,1-2H3/t19-,21-/m0/s1/i25-1. The summed E-state index contributed by atoms with van der Waals surface area (Å²) in [5, 5.41) is 0. The van der Waals surface area contributed by atoms with Gasteiger partial charge in [0.2, 0.25) is 0 Å². The molecule has 30 heavy (non-hydrogen) atoms. The van der Waals surface area contributed by atoms with Gasteiger partial charge >= 0.3 is 0 Å². The Kier molecular flexibility index (Phi) is 9.31. The van der Waals surface area contributed by atoms with E-state index in [0.29, 0.717) is 18.0 Å². The van der Waals surface area contributed by atoms with Crippen LogP contribution >= 0.6 is 11.8 Å². The van der Waals surface area contributed by atoms with Crippen LogP contribution in [-0.4, -0.2) is 56.2 Å². The first kappa shape index (κ1) is 23.4. The van der Waals surface area contributed by atoms with Crippen molar-refractivity contribution in [3.05, 3.63) is 23.3 Å². The summed E-state index contributed by atoms with van der Waals surface area (Å²) in [6.07, 6.45) is 8.56. The maximum Gasteiger partial charge on any atom is 0.161 e. The van der Waals surface area contributed by atoms with Crippen LogP contribution in [0.4, 0.5) is 4.39 Å². The molecule has 0 unspecified atom stereocenters. The second-order valence-corrected chi connectivity index (χ2v) is 9.62. The van der Waals surface area contributed by atoms with Crippen LogP contribution in [0.2, 0.25) is 0 Å². The average molecular weight is 437 g/mol. The molecule has 0 saturated carbocycles. The topological polar surface area (TPSA) is 38.8 Å². The molecule has 0 amide bonds. The van der Waals surface area contributed by atoms with Gasteiger partial charge in [-0.2, -0.15) is 11.8 Å². The van der Waals surface area contributed by atoms with E-state index in [0.717, 1.165) is 49.6 Å². The summed E-state index contributed by atoms with van der Waals surface area (Å²) in [4.78, 5) is 15.4. The number of carbonyl (C=O) groups excluding carboxylic acids is 1. The van der Waals surface area contributed by atoms with Crippen molar-refractivity contribution in [3.63, 3.8) is 0 Å². The molecular formula is C24H36FNO3S. The Balaban J connectivity index is 1.47. The zero-order chi connectivity index (χ0) is 21.3. The van der Waals surface area contributed by atoms with E-state index in [9.17, 15) is 9.18 Å². The third-order valence-corrected chi connectivity index (χ3v) is 7.50. The smallest absolute Gasteiger partial charge is 0.161 e. The fraction of sp³-hybridized carbons (Fsp3) is 0.708. The third kappa shape index (κ3) is 5.91. The predicted octanol–water partition coefficient (Wildman–Crippen LogP) is 5.24. The normalized spacial score (nSPS) is 21.2. The first-order valence-corrected chi connectivity index (χ1v) is 12.5. The lowest BCUT2D eigenvalue weighted by Crippen LogP contribution is -2.46. The molecule has 0 radical (unpaired) electrons. The quantitative estimate of drug-likeness (QED) is 0.419. The number of benzene rings is 1. The maximum atomic E-state index is 12.9. The van der Waals surface area contributed by atoms with E-state index in [-0.39, 0.29) is 18.6 Å². The van der Waals surface area contributed by atoms with Crippen molar-refractivity contribution in [3.8, 4) is 11.5 Å². The molecule has 2 heterocycles.